The summed E-state index contributed by atoms with van der Waals surface area (Å²) in [5.41, 5.74) is 2.18. The van der Waals surface area contributed by atoms with Crippen molar-refractivity contribution in [3.05, 3.63) is 28.6 Å². The number of rotatable bonds is 8. The van der Waals surface area contributed by atoms with Crippen LogP contribution in [0.15, 0.2) is 23.2 Å². The molecule has 1 aromatic carbocycles. The topological polar surface area (TPSA) is 93.4 Å². The number of thiazole rings is 1. The first-order valence-corrected chi connectivity index (χ1v) is 12.8. The fraction of sp³-hybridized carbons (Fsp3) is 0.545. The molecular formula is C22H30N4O5S2. The van der Waals surface area contributed by atoms with E-state index in [1.807, 2.05) is 23.6 Å². The highest BCUT2D eigenvalue weighted by Crippen LogP contribution is 2.19. The van der Waals surface area contributed by atoms with Gasteiger partial charge in [0.25, 0.3) is 5.91 Å². The van der Waals surface area contributed by atoms with Crippen LogP contribution in [0.2, 0.25) is 0 Å². The molecule has 0 N–H and O–H groups in total. The number of hydrogen-bond acceptors (Lipinski definition) is 7. The number of aryl methyl sites for hydroxylation is 1. The highest BCUT2D eigenvalue weighted by atomic mass is 32.2. The van der Waals surface area contributed by atoms with Crippen LogP contribution in [0.1, 0.15) is 12.5 Å². The number of thioether (sulfide) groups is 1. The number of piperazine rings is 1. The third-order valence-corrected chi connectivity index (χ3v) is 7.13. The number of methoxy groups -OCH3 is 1. The number of amides is 3. The van der Waals surface area contributed by atoms with E-state index in [1.165, 1.54) is 23.1 Å². The van der Waals surface area contributed by atoms with Gasteiger partial charge in [0.2, 0.25) is 5.91 Å². The first-order chi connectivity index (χ1) is 15.9. The van der Waals surface area contributed by atoms with Gasteiger partial charge in [-0.25, -0.2) is 4.79 Å². The number of fused-ring (bicyclic) bond motifs is 1. The molecule has 3 rings (SSSR count). The van der Waals surface area contributed by atoms with Crippen LogP contribution < -0.4 is 4.80 Å². The number of aromatic nitrogens is 1. The van der Waals surface area contributed by atoms with Crippen molar-refractivity contribution < 1.29 is 23.9 Å². The van der Waals surface area contributed by atoms with E-state index in [-0.39, 0.29) is 29.4 Å². The normalized spacial score (nSPS) is 14.7. The Hall–Kier alpha value is -2.37. The average Bonchev–Trinajstić information content (AvgIpc) is 3.13. The van der Waals surface area contributed by atoms with Crippen molar-refractivity contribution in [2.75, 3.05) is 58.0 Å². The summed E-state index contributed by atoms with van der Waals surface area (Å²) < 4.78 is 13.3. The minimum absolute atomic E-state index is 0.0381. The molecule has 180 valence electrons. The van der Waals surface area contributed by atoms with E-state index in [1.54, 1.807) is 23.8 Å². The predicted octanol–water partition coefficient (Wildman–Crippen LogP) is 2.12. The Kier molecular flexibility index (Phi) is 9.33. The molecule has 1 saturated heterocycles. The Morgan fingerprint density at radius 3 is 2.55 bits per heavy atom. The first-order valence-electron chi connectivity index (χ1n) is 10.9. The van der Waals surface area contributed by atoms with Gasteiger partial charge >= 0.3 is 6.09 Å². The van der Waals surface area contributed by atoms with E-state index < -0.39 is 0 Å². The molecule has 11 heteroatoms. The minimum Gasteiger partial charge on any atom is -0.450 e. The van der Waals surface area contributed by atoms with E-state index in [4.69, 9.17) is 9.47 Å². The molecule has 1 fully saturated rings. The SMILES string of the molecule is CCOC(=O)N1CCN(C(=O)CSCC(=O)N=c2sc3cc(C)ccc3n2CCOC)CC1. The van der Waals surface area contributed by atoms with Crippen molar-refractivity contribution in [2.45, 2.75) is 20.4 Å². The molecule has 0 unspecified atom stereocenters. The summed E-state index contributed by atoms with van der Waals surface area (Å²) in [4.78, 5) is 45.0. The molecule has 2 heterocycles. The molecule has 3 amide bonds. The minimum atomic E-state index is -0.342. The predicted molar refractivity (Wildman–Crippen MR) is 129 cm³/mol. The van der Waals surface area contributed by atoms with Crippen LogP contribution in [-0.4, -0.2) is 90.3 Å². The average molecular weight is 495 g/mol. The lowest BCUT2D eigenvalue weighted by Gasteiger charge is -2.34. The van der Waals surface area contributed by atoms with Crippen molar-refractivity contribution >= 4 is 51.2 Å². The lowest BCUT2D eigenvalue weighted by molar-refractivity contribution is -0.129. The molecule has 0 atom stereocenters. The maximum absolute atomic E-state index is 12.5. The maximum Gasteiger partial charge on any atom is 0.409 e. The molecule has 0 spiro atoms. The zero-order valence-electron chi connectivity index (χ0n) is 19.2. The zero-order valence-corrected chi connectivity index (χ0v) is 20.9. The van der Waals surface area contributed by atoms with Crippen LogP contribution >= 0.6 is 23.1 Å². The van der Waals surface area contributed by atoms with Crippen molar-refractivity contribution in [3.8, 4) is 0 Å². The van der Waals surface area contributed by atoms with E-state index in [0.717, 1.165) is 15.8 Å². The van der Waals surface area contributed by atoms with E-state index in [2.05, 4.69) is 11.1 Å². The van der Waals surface area contributed by atoms with Gasteiger partial charge in [-0.3, -0.25) is 9.59 Å². The molecule has 2 aromatic rings. The maximum atomic E-state index is 12.5. The van der Waals surface area contributed by atoms with Crippen LogP contribution in [0.4, 0.5) is 4.79 Å². The van der Waals surface area contributed by atoms with Crippen molar-refractivity contribution in [3.63, 3.8) is 0 Å². The molecule has 0 saturated carbocycles. The van der Waals surface area contributed by atoms with Crippen molar-refractivity contribution in [1.82, 2.24) is 14.4 Å². The van der Waals surface area contributed by atoms with Crippen molar-refractivity contribution in [2.24, 2.45) is 4.99 Å². The molecule has 1 aromatic heterocycles. The molecule has 9 nitrogen and oxygen atoms in total. The first kappa shape index (κ1) is 25.3. The van der Waals surface area contributed by atoms with Gasteiger partial charge in [0.05, 0.1) is 34.9 Å². The van der Waals surface area contributed by atoms with Gasteiger partial charge in [0.1, 0.15) is 0 Å². The summed E-state index contributed by atoms with van der Waals surface area (Å²) in [6, 6.07) is 6.16. The number of hydrogen-bond donors (Lipinski definition) is 0. The monoisotopic (exact) mass is 494 g/mol. The molecule has 1 aliphatic rings. The fourth-order valence-corrected chi connectivity index (χ4v) is 5.34. The van der Waals surface area contributed by atoms with Crippen LogP contribution in [-0.2, 0) is 25.6 Å². The zero-order chi connectivity index (χ0) is 23.8. The third-order valence-electron chi connectivity index (χ3n) is 5.19. The van der Waals surface area contributed by atoms with Gasteiger partial charge in [0, 0.05) is 39.8 Å². The van der Waals surface area contributed by atoms with Gasteiger partial charge in [-0.05, 0) is 31.5 Å². The van der Waals surface area contributed by atoms with Gasteiger partial charge in [0.15, 0.2) is 4.80 Å². The highest BCUT2D eigenvalue weighted by molar-refractivity contribution is 8.00. The Labute approximate surface area is 201 Å². The number of carbonyl (C=O) groups is 3. The molecule has 33 heavy (non-hydrogen) atoms. The van der Waals surface area contributed by atoms with Crippen LogP contribution in [0, 0.1) is 6.92 Å². The van der Waals surface area contributed by atoms with Crippen LogP contribution in [0.5, 0.6) is 0 Å². The molecule has 0 bridgehead atoms. The number of ether oxygens (including phenoxy) is 2. The third kappa shape index (κ3) is 6.81. The smallest absolute Gasteiger partial charge is 0.409 e. The second-order valence-electron chi connectivity index (χ2n) is 7.57. The van der Waals surface area contributed by atoms with Gasteiger partial charge in [-0.2, -0.15) is 4.99 Å². The van der Waals surface area contributed by atoms with E-state index in [9.17, 15) is 14.4 Å². The summed E-state index contributed by atoms with van der Waals surface area (Å²) in [5.74, 6) is 0.0281. The second-order valence-corrected chi connectivity index (χ2v) is 9.56. The Morgan fingerprint density at radius 1 is 1.12 bits per heavy atom. The lowest BCUT2D eigenvalue weighted by atomic mass is 10.2. The standard InChI is InChI=1S/C22H30N4O5S2/c1-4-31-22(29)25-9-7-24(8-10-25)20(28)15-32-14-19(27)23-21-26(11-12-30-3)17-6-5-16(2)13-18(17)33-21/h5-6,13H,4,7-12,14-15H2,1-3H3. The Morgan fingerprint density at radius 2 is 1.85 bits per heavy atom. The van der Waals surface area contributed by atoms with Gasteiger partial charge < -0.3 is 23.8 Å². The summed E-state index contributed by atoms with van der Waals surface area (Å²) in [6.07, 6.45) is -0.342. The van der Waals surface area contributed by atoms with E-state index >= 15 is 0 Å². The van der Waals surface area contributed by atoms with E-state index in [0.29, 0.717) is 50.7 Å². The largest absolute Gasteiger partial charge is 0.450 e. The Balaban J connectivity index is 1.54. The fourth-order valence-electron chi connectivity index (χ4n) is 3.47. The number of carbonyl (C=O) groups excluding carboxylic acids is 3. The molecular weight excluding hydrogens is 464 g/mol. The quantitative estimate of drug-likeness (QED) is 0.558. The summed E-state index contributed by atoms with van der Waals surface area (Å²) in [6.45, 7) is 7.11. The molecule has 0 radical (unpaired) electrons. The van der Waals surface area contributed by atoms with Gasteiger partial charge in [-0.1, -0.05) is 17.4 Å². The molecule has 1 aliphatic heterocycles. The van der Waals surface area contributed by atoms with Crippen LogP contribution in [0.25, 0.3) is 10.2 Å². The molecule has 0 aliphatic carbocycles. The lowest BCUT2D eigenvalue weighted by Crippen LogP contribution is -2.51. The van der Waals surface area contributed by atoms with Crippen LogP contribution in [0.3, 0.4) is 0 Å². The van der Waals surface area contributed by atoms with Gasteiger partial charge in [-0.15, -0.1) is 11.8 Å². The highest BCUT2D eigenvalue weighted by Gasteiger charge is 2.24. The number of nitrogens with zero attached hydrogens (tertiary/aromatic N) is 4. The Bertz CT molecular complexity index is 1060. The van der Waals surface area contributed by atoms with Crippen molar-refractivity contribution in [1.29, 1.82) is 0 Å². The summed E-state index contributed by atoms with van der Waals surface area (Å²) in [5, 5.41) is 0. The summed E-state index contributed by atoms with van der Waals surface area (Å²) >= 11 is 2.74. The second kappa shape index (κ2) is 12.2. The summed E-state index contributed by atoms with van der Waals surface area (Å²) in [7, 11) is 1.64. The number of benzene rings is 1.